The molecule has 0 unspecified atom stereocenters. The van der Waals surface area contributed by atoms with Crippen LogP contribution in [0.15, 0.2) is 39.5 Å². The summed E-state index contributed by atoms with van der Waals surface area (Å²) in [6.45, 7) is 11.9. The molecule has 29 heavy (non-hydrogen) atoms. The molecule has 1 aromatic heterocycles. The summed E-state index contributed by atoms with van der Waals surface area (Å²) < 4.78 is 25.2. The largest absolute Gasteiger partial charge is 0.357 e. The monoisotopic (exact) mass is 436 g/mol. The van der Waals surface area contributed by atoms with Gasteiger partial charge in [0.1, 0.15) is 0 Å². The van der Waals surface area contributed by atoms with E-state index in [-0.39, 0.29) is 17.7 Å². The smallest absolute Gasteiger partial charge is 0.191 e. The van der Waals surface area contributed by atoms with Gasteiger partial charge in [0.05, 0.1) is 27.9 Å². The lowest BCUT2D eigenvalue weighted by atomic mass is 9.87. The zero-order valence-corrected chi connectivity index (χ0v) is 19.6. The highest BCUT2D eigenvalue weighted by molar-refractivity contribution is 7.91. The first-order chi connectivity index (χ1) is 13.6. The van der Waals surface area contributed by atoms with Gasteiger partial charge in [-0.15, -0.1) is 11.3 Å². The number of benzene rings is 1. The average Bonchev–Trinajstić information content (AvgIpc) is 3.06. The highest BCUT2D eigenvalue weighted by Crippen LogP contribution is 2.23. The molecule has 0 atom stereocenters. The first kappa shape index (κ1) is 23.3. The van der Waals surface area contributed by atoms with Gasteiger partial charge in [-0.1, -0.05) is 32.9 Å². The van der Waals surface area contributed by atoms with E-state index in [4.69, 9.17) is 0 Å². The fourth-order valence-electron chi connectivity index (χ4n) is 2.73. The molecule has 0 radical (unpaired) electrons. The van der Waals surface area contributed by atoms with Crippen LogP contribution < -0.4 is 10.6 Å². The van der Waals surface area contributed by atoms with Gasteiger partial charge in [-0.05, 0) is 37.0 Å². The number of aryl methyl sites for hydroxylation is 1. The fraction of sp³-hybridized carbons (Fsp3) is 0.524. The number of hydrogen-bond donors (Lipinski definition) is 2. The molecule has 0 fully saturated rings. The van der Waals surface area contributed by atoms with Crippen LogP contribution in [0.25, 0.3) is 0 Å². The maximum absolute atomic E-state index is 12.6. The summed E-state index contributed by atoms with van der Waals surface area (Å²) >= 11 is 1.64. The minimum absolute atomic E-state index is 0.00375. The van der Waals surface area contributed by atoms with Gasteiger partial charge in [0, 0.05) is 24.9 Å². The number of nitrogens with one attached hydrogen (secondary N) is 2. The number of thiazole rings is 1. The van der Waals surface area contributed by atoms with Crippen LogP contribution in [0.5, 0.6) is 0 Å². The molecular weight excluding hydrogens is 404 g/mol. The van der Waals surface area contributed by atoms with Crippen molar-refractivity contribution in [3.05, 3.63) is 45.9 Å². The lowest BCUT2D eigenvalue weighted by Crippen LogP contribution is -2.38. The van der Waals surface area contributed by atoms with Gasteiger partial charge >= 0.3 is 0 Å². The Morgan fingerprint density at radius 1 is 1.17 bits per heavy atom. The summed E-state index contributed by atoms with van der Waals surface area (Å²) in [5.74, 6) is 0.599. The molecule has 0 aliphatic carbocycles. The third kappa shape index (κ3) is 7.44. The van der Waals surface area contributed by atoms with Crippen molar-refractivity contribution < 1.29 is 8.42 Å². The van der Waals surface area contributed by atoms with Crippen LogP contribution in [0.1, 0.15) is 44.0 Å². The Kier molecular flexibility index (Phi) is 8.22. The molecule has 6 nitrogen and oxygen atoms in total. The van der Waals surface area contributed by atoms with Gasteiger partial charge in [-0.25, -0.2) is 13.4 Å². The van der Waals surface area contributed by atoms with Gasteiger partial charge < -0.3 is 10.6 Å². The predicted octanol–water partition coefficient (Wildman–Crippen LogP) is 3.32. The molecule has 1 aromatic carbocycles. The minimum Gasteiger partial charge on any atom is -0.357 e. The Morgan fingerprint density at radius 2 is 1.86 bits per heavy atom. The number of nitrogens with zero attached hydrogens (tertiary/aromatic N) is 2. The Morgan fingerprint density at radius 3 is 2.41 bits per heavy atom. The van der Waals surface area contributed by atoms with Crippen LogP contribution >= 0.6 is 11.3 Å². The van der Waals surface area contributed by atoms with E-state index in [1.54, 1.807) is 23.5 Å². The molecule has 0 saturated carbocycles. The third-order valence-corrected chi connectivity index (χ3v) is 6.93. The summed E-state index contributed by atoms with van der Waals surface area (Å²) in [6.07, 6.45) is 0.799. The van der Waals surface area contributed by atoms with Gasteiger partial charge in [-0.2, -0.15) is 0 Å². The molecule has 8 heteroatoms. The molecule has 2 aromatic rings. The van der Waals surface area contributed by atoms with Crippen LogP contribution in [0.2, 0.25) is 0 Å². The second-order valence-corrected chi connectivity index (χ2v) is 11.1. The van der Waals surface area contributed by atoms with E-state index in [0.717, 1.165) is 22.7 Å². The summed E-state index contributed by atoms with van der Waals surface area (Å²) in [7, 11) is -3.37. The summed E-state index contributed by atoms with van der Waals surface area (Å²) in [4.78, 5) is 9.20. The van der Waals surface area contributed by atoms with E-state index in [1.807, 2.05) is 26.0 Å². The SMILES string of the molecule is CCNC(=NCCS(=O)(=O)c1ccc(C(C)(C)C)cc1)NCCc1csc(C)n1. The van der Waals surface area contributed by atoms with Crippen molar-refractivity contribution in [2.75, 3.05) is 25.4 Å². The Bertz CT molecular complexity index is 911. The first-order valence-electron chi connectivity index (χ1n) is 9.88. The maximum Gasteiger partial charge on any atom is 0.191 e. The molecule has 0 spiro atoms. The van der Waals surface area contributed by atoms with Crippen LogP contribution in [-0.4, -0.2) is 44.7 Å². The predicted molar refractivity (Wildman–Crippen MR) is 122 cm³/mol. The molecule has 2 N–H and O–H groups in total. The topological polar surface area (TPSA) is 83.5 Å². The van der Waals surface area contributed by atoms with Crippen LogP contribution in [0.3, 0.4) is 0 Å². The van der Waals surface area contributed by atoms with E-state index in [1.165, 1.54) is 0 Å². The van der Waals surface area contributed by atoms with Crippen molar-refractivity contribution in [2.24, 2.45) is 4.99 Å². The quantitative estimate of drug-likeness (QED) is 0.490. The zero-order chi connectivity index (χ0) is 21.5. The van der Waals surface area contributed by atoms with E-state index in [0.29, 0.717) is 23.9 Å². The number of aromatic nitrogens is 1. The Labute approximate surface area is 178 Å². The summed E-state index contributed by atoms with van der Waals surface area (Å²) in [5.41, 5.74) is 2.16. The molecule has 0 aliphatic rings. The molecule has 1 heterocycles. The fourth-order valence-corrected chi connectivity index (χ4v) is 4.50. The molecule has 2 rings (SSSR count). The van der Waals surface area contributed by atoms with Crippen molar-refractivity contribution in [3.8, 4) is 0 Å². The normalized spacial score (nSPS) is 12.8. The van der Waals surface area contributed by atoms with Gasteiger partial charge in [0.25, 0.3) is 0 Å². The molecule has 0 aliphatic heterocycles. The van der Waals surface area contributed by atoms with E-state index >= 15 is 0 Å². The van der Waals surface area contributed by atoms with Gasteiger partial charge in [-0.3, -0.25) is 4.99 Å². The van der Waals surface area contributed by atoms with Gasteiger partial charge in [0.2, 0.25) is 0 Å². The average molecular weight is 437 g/mol. The lowest BCUT2D eigenvalue weighted by Gasteiger charge is -2.19. The number of rotatable bonds is 8. The number of guanidine groups is 1. The van der Waals surface area contributed by atoms with E-state index in [9.17, 15) is 8.42 Å². The highest BCUT2D eigenvalue weighted by Gasteiger charge is 2.17. The van der Waals surface area contributed by atoms with Crippen molar-refractivity contribution in [1.82, 2.24) is 15.6 Å². The highest BCUT2D eigenvalue weighted by atomic mass is 32.2. The Hall–Kier alpha value is -1.93. The van der Waals surface area contributed by atoms with Crippen LogP contribution in [0.4, 0.5) is 0 Å². The van der Waals surface area contributed by atoms with Crippen LogP contribution in [-0.2, 0) is 21.7 Å². The summed E-state index contributed by atoms with van der Waals surface area (Å²) in [6, 6.07) is 7.17. The standard InChI is InChI=1S/C21H32N4O2S2/c1-6-22-20(23-12-11-18-15-28-16(2)25-18)24-13-14-29(26,27)19-9-7-17(8-10-19)21(3,4)5/h7-10,15H,6,11-14H2,1-5H3,(H2,22,23,24). The lowest BCUT2D eigenvalue weighted by molar-refractivity contribution is 0.586. The molecule has 0 saturated heterocycles. The second kappa shape index (κ2) is 10.2. The maximum atomic E-state index is 12.6. The third-order valence-electron chi connectivity index (χ3n) is 4.39. The van der Waals surface area contributed by atoms with Gasteiger partial charge in [0.15, 0.2) is 15.8 Å². The van der Waals surface area contributed by atoms with Crippen molar-refractivity contribution >= 4 is 27.1 Å². The van der Waals surface area contributed by atoms with E-state index in [2.05, 4.69) is 46.8 Å². The molecule has 0 bridgehead atoms. The number of sulfone groups is 1. The molecular formula is C21H32N4O2S2. The number of aliphatic imine (C=N–C) groups is 1. The Balaban J connectivity index is 1.92. The zero-order valence-electron chi connectivity index (χ0n) is 17.9. The summed E-state index contributed by atoms with van der Waals surface area (Å²) in [5, 5.41) is 9.50. The minimum atomic E-state index is -3.37. The van der Waals surface area contributed by atoms with Crippen molar-refractivity contribution in [3.63, 3.8) is 0 Å². The second-order valence-electron chi connectivity index (χ2n) is 7.89. The van der Waals surface area contributed by atoms with E-state index < -0.39 is 9.84 Å². The van der Waals surface area contributed by atoms with Crippen LogP contribution in [0, 0.1) is 6.92 Å². The first-order valence-corrected chi connectivity index (χ1v) is 12.4. The molecule has 160 valence electrons. The molecule has 0 amide bonds. The number of hydrogen-bond acceptors (Lipinski definition) is 5. The van der Waals surface area contributed by atoms with Crippen molar-refractivity contribution in [1.29, 1.82) is 0 Å². The van der Waals surface area contributed by atoms with Crippen molar-refractivity contribution in [2.45, 2.75) is 51.3 Å².